The zero-order valence-electron chi connectivity index (χ0n) is 9.80. The Bertz CT molecular complexity index is 427. The van der Waals surface area contributed by atoms with Crippen LogP contribution in [0, 0.1) is 0 Å². The number of allylic oxidation sites excluding steroid dienone is 3. The molecule has 1 aromatic carbocycles. The van der Waals surface area contributed by atoms with Gasteiger partial charge in [0.2, 0.25) is 0 Å². The van der Waals surface area contributed by atoms with Crippen molar-refractivity contribution in [2.24, 2.45) is 0 Å². The molecule has 0 amide bonds. The van der Waals surface area contributed by atoms with E-state index >= 15 is 0 Å². The summed E-state index contributed by atoms with van der Waals surface area (Å²) in [6.07, 6.45) is 6.84. The molecule has 0 aliphatic heterocycles. The van der Waals surface area contributed by atoms with Gasteiger partial charge in [0, 0.05) is 0 Å². The van der Waals surface area contributed by atoms with E-state index in [-0.39, 0.29) is 5.97 Å². The third-order valence-corrected chi connectivity index (χ3v) is 7.37. The summed E-state index contributed by atoms with van der Waals surface area (Å²) in [6, 6.07) is 7.93. The van der Waals surface area contributed by atoms with Crippen molar-refractivity contribution in [3.05, 3.63) is 54.1 Å². The topological polar surface area (TPSA) is 26.3 Å². The van der Waals surface area contributed by atoms with E-state index in [0.29, 0.717) is 0 Å². The molecule has 2 nitrogen and oxygen atoms in total. The van der Waals surface area contributed by atoms with Crippen molar-refractivity contribution in [2.45, 2.75) is 15.7 Å². The summed E-state index contributed by atoms with van der Waals surface area (Å²) in [5.74, 6) is -0.221. The maximum absolute atomic E-state index is 11.3. The molecular weight excluding hydrogens is 421 g/mol. The van der Waals surface area contributed by atoms with Crippen LogP contribution in [0.25, 0.3) is 0 Å². The Kier molecular flexibility index (Phi) is 7.29. The average molecular weight is 435 g/mol. The molecule has 0 atom stereocenters. The van der Waals surface area contributed by atoms with Gasteiger partial charge in [-0.3, -0.25) is 0 Å². The summed E-state index contributed by atoms with van der Waals surface area (Å²) in [5.41, 5.74) is 1.18. The number of carbonyl (C=O) groups excluding carboxylic acids is 1. The Morgan fingerprint density at radius 2 is 2.18 bits per heavy atom. The van der Waals surface area contributed by atoms with Crippen molar-refractivity contribution in [2.75, 3.05) is 0 Å². The van der Waals surface area contributed by atoms with Crippen LogP contribution in [0.5, 0.6) is 0 Å². The van der Waals surface area contributed by atoms with Crippen LogP contribution in [0.1, 0.15) is 12.5 Å². The molecule has 17 heavy (non-hydrogen) atoms. The SMILES string of the molecule is C/C=C/C=C/C(=O)[O][Hg][CH2]c1ccccc1S. The Balaban J connectivity index is 2.33. The third kappa shape index (κ3) is 6.08. The van der Waals surface area contributed by atoms with Crippen molar-refractivity contribution >= 4 is 18.6 Å². The summed E-state index contributed by atoms with van der Waals surface area (Å²) < 4.78 is 6.18. The molecule has 0 unspecified atom stereocenters. The molecule has 0 bridgehead atoms. The molecule has 0 N–H and O–H groups in total. The second-order valence-corrected chi connectivity index (χ2v) is 8.57. The Hall–Kier alpha value is -0.545. The summed E-state index contributed by atoms with van der Waals surface area (Å²) in [7, 11) is 0. The van der Waals surface area contributed by atoms with Crippen LogP contribution >= 0.6 is 12.6 Å². The van der Waals surface area contributed by atoms with Gasteiger partial charge < -0.3 is 0 Å². The van der Waals surface area contributed by atoms with Crippen LogP contribution in [-0.2, 0) is 36.4 Å². The van der Waals surface area contributed by atoms with Crippen molar-refractivity contribution in [3.63, 3.8) is 0 Å². The van der Waals surface area contributed by atoms with Gasteiger partial charge in [0.15, 0.2) is 0 Å². The predicted octanol–water partition coefficient (Wildman–Crippen LogP) is 3.15. The van der Waals surface area contributed by atoms with Gasteiger partial charge in [0.05, 0.1) is 0 Å². The van der Waals surface area contributed by atoms with E-state index in [0.717, 1.165) is 8.83 Å². The monoisotopic (exact) mass is 436 g/mol. The van der Waals surface area contributed by atoms with E-state index in [1.165, 1.54) is 11.6 Å². The minimum absolute atomic E-state index is 0.221. The van der Waals surface area contributed by atoms with Gasteiger partial charge in [0.1, 0.15) is 0 Å². The first kappa shape index (κ1) is 14.5. The number of hydrogen-bond acceptors (Lipinski definition) is 3. The molecule has 86 valence electrons. The predicted molar refractivity (Wildman–Crippen MR) is 67.4 cm³/mol. The summed E-state index contributed by atoms with van der Waals surface area (Å²) in [4.78, 5) is 12.3. The fourth-order valence-electron chi connectivity index (χ4n) is 1.28. The Morgan fingerprint density at radius 1 is 1.41 bits per heavy atom. The molecule has 0 heterocycles. The second kappa shape index (κ2) is 8.53. The van der Waals surface area contributed by atoms with E-state index in [9.17, 15) is 4.79 Å². The summed E-state index contributed by atoms with van der Waals surface area (Å²) in [6.45, 7) is 1.90. The molecule has 0 aliphatic rings. The van der Waals surface area contributed by atoms with E-state index < -0.39 is 25.0 Å². The van der Waals surface area contributed by atoms with Gasteiger partial charge in [-0.25, -0.2) is 0 Å². The number of thiol groups is 1. The van der Waals surface area contributed by atoms with Crippen molar-refractivity contribution in [1.29, 1.82) is 0 Å². The van der Waals surface area contributed by atoms with Crippen LogP contribution in [0.4, 0.5) is 0 Å². The molecule has 0 fully saturated rings. The van der Waals surface area contributed by atoms with Gasteiger partial charge in [0.25, 0.3) is 0 Å². The fourth-order valence-corrected chi connectivity index (χ4v) is 6.47. The van der Waals surface area contributed by atoms with Crippen molar-refractivity contribution in [1.82, 2.24) is 0 Å². The molecule has 0 aromatic heterocycles. The third-order valence-electron chi connectivity index (χ3n) is 2.14. The zero-order valence-corrected chi connectivity index (χ0v) is 16.2. The number of benzene rings is 1. The first-order valence-electron chi connectivity index (χ1n) is 5.47. The van der Waals surface area contributed by atoms with Gasteiger partial charge in [-0.2, -0.15) is 0 Å². The first-order valence-corrected chi connectivity index (χ1v) is 12.0. The molecule has 0 saturated carbocycles. The van der Waals surface area contributed by atoms with Crippen LogP contribution < -0.4 is 0 Å². The van der Waals surface area contributed by atoms with Gasteiger partial charge in [-0.15, -0.1) is 0 Å². The normalized spacial score (nSPS) is 10.7. The quantitative estimate of drug-likeness (QED) is 0.333. The number of rotatable bonds is 5. The second-order valence-electron chi connectivity index (χ2n) is 3.43. The Labute approximate surface area is 120 Å². The maximum atomic E-state index is 11.3. The van der Waals surface area contributed by atoms with Crippen LogP contribution in [0.2, 0.25) is 0 Å². The first-order chi connectivity index (χ1) is 8.24. The van der Waals surface area contributed by atoms with Gasteiger partial charge in [-0.05, 0) is 0 Å². The number of carbonyl (C=O) groups is 1. The summed E-state index contributed by atoms with van der Waals surface area (Å²) in [5, 5.41) is 0. The van der Waals surface area contributed by atoms with Gasteiger partial charge >= 0.3 is 121 Å². The minimum atomic E-state index is -1.61. The van der Waals surface area contributed by atoms with Crippen LogP contribution in [0.15, 0.2) is 53.5 Å². The molecule has 0 radical (unpaired) electrons. The standard InChI is InChI=1S/C7H7S.C6H8O2.Hg/c1-6-4-2-3-5-7(6)8;1-2-3-4-5-6(7)8;/h2-5,8H,1H2;2-5H,1H3,(H,7,8);/q;;+1/p-1/b;3-2+,5-4+;. The van der Waals surface area contributed by atoms with E-state index in [2.05, 4.69) is 12.6 Å². The Morgan fingerprint density at radius 3 is 2.88 bits per heavy atom. The van der Waals surface area contributed by atoms with Crippen LogP contribution in [-0.4, -0.2) is 5.97 Å². The van der Waals surface area contributed by atoms with E-state index in [1.807, 2.05) is 37.3 Å². The molecule has 0 spiro atoms. The van der Waals surface area contributed by atoms with E-state index in [4.69, 9.17) is 2.64 Å². The van der Waals surface area contributed by atoms with Crippen molar-refractivity contribution < 1.29 is 32.5 Å². The zero-order chi connectivity index (χ0) is 12.5. The van der Waals surface area contributed by atoms with Crippen molar-refractivity contribution in [3.8, 4) is 0 Å². The number of hydrogen-bond donors (Lipinski definition) is 1. The van der Waals surface area contributed by atoms with Gasteiger partial charge in [-0.1, -0.05) is 0 Å². The molecule has 1 aromatic rings. The molecule has 0 aliphatic carbocycles. The van der Waals surface area contributed by atoms with Crippen LogP contribution in [0.3, 0.4) is 0 Å². The molecule has 1 rings (SSSR count). The fraction of sp³-hybridized carbons (Fsp3) is 0.154. The molecule has 0 saturated heterocycles. The molecule has 4 heteroatoms. The molecular formula is C13H14HgO2S. The average Bonchev–Trinajstić information content (AvgIpc) is 2.32. The summed E-state index contributed by atoms with van der Waals surface area (Å²) >= 11 is 2.76. The van der Waals surface area contributed by atoms with E-state index in [1.54, 1.807) is 12.2 Å².